The van der Waals surface area contributed by atoms with Crippen molar-refractivity contribution in [1.29, 1.82) is 0 Å². The van der Waals surface area contributed by atoms with Gasteiger partial charge in [0.2, 0.25) is 0 Å². The van der Waals surface area contributed by atoms with Gasteiger partial charge in [0.25, 0.3) is 0 Å². The maximum absolute atomic E-state index is 3.38. The van der Waals surface area contributed by atoms with Crippen LogP contribution in [0, 0.1) is 0 Å². The summed E-state index contributed by atoms with van der Waals surface area (Å²) < 4.78 is 0. The number of halogens is 3. The molecule has 0 rings (SSSR count). The van der Waals surface area contributed by atoms with E-state index < -0.39 is 11.5 Å². The van der Waals surface area contributed by atoms with Crippen LogP contribution in [0.4, 0.5) is 0 Å². The van der Waals surface area contributed by atoms with Crippen LogP contribution >= 0.6 is 44.6 Å². The molecule has 0 aromatic heterocycles. The van der Waals surface area contributed by atoms with E-state index in [0.29, 0.717) is 0 Å². The molecule has 0 spiro atoms. The van der Waals surface area contributed by atoms with Crippen LogP contribution in [0.5, 0.6) is 0 Å². The predicted molar refractivity (Wildman–Crippen MR) is 43.6 cm³/mol. The molecule has 0 N–H and O–H groups in total. The van der Waals surface area contributed by atoms with Crippen molar-refractivity contribution in [2.75, 3.05) is 0 Å². The summed E-state index contributed by atoms with van der Waals surface area (Å²) in [5, 5.41) is 0. The summed E-state index contributed by atoms with van der Waals surface area (Å²) in [6.07, 6.45) is 0. The Kier molecular flexibility index (Phi) is 4.41. The van der Waals surface area contributed by atoms with Crippen LogP contribution in [-0.2, 0) is 0 Å². The third-order valence-electron chi connectivity index (χ3n) is 0. The molecule has 5 heavy (non-hydrogen) atoms. The van der Waals surface area contributed by atoms with Gasteiger partial charge in [-0.2, -0.15) is 0 Å². The van der Waals surface area contributed by atoms with E-state index in [2.05, 4.69) is 44.6 Å². The van der Waals surface area contributed by atoms with Crippen molar-refractivity contribution in [3.63, 3.8) is 0 Å². The van der Waals surface area contributed by atoms with Gasteiger partial charge in [-0.15, -0.1) is 0 Å². The molecule has 0 amide bonds. The van der Waals surface area contributed by atoms with Gasteiger partial charge in [-0.1, -0.05) is 0 Å². The van der Waals surface area contributed by atoms with Crippen LogP contribution in [0.2, 0.25) is 0 Å². The topological polar surface area (TPSA) is 0 Å². The fraction of sp³-hybridized carbons (Fsp3) is 0. The Morgan fingerprint density at radius 3 is 1.20 bits per heavy atom. The molecule has 0 aromatic carbocycles. The van der Waals surface area contributed by atoms with Crippen molar-refractivity contribution < 1.29 is 0 Å². The van der Waals surface area contributed by atoms with E-state index in [4.69, 9.17) is 0 Å². The first kappa shape index (κ1) is 7.69. The Morgan fingerprint density at radius 1 is 1.20 bits per heavy atom. The van der Waals surface area contributed by atoms with Gasteiger partial charge in [0.1, 0.15) is 0 Å². The third kappa shape index (κ3) is 20.3. The van der Waals surface area contributed by atoms with Crippen LogP contribution in [0.3, 0.4) is 0 Å². The van der Waals surface area contributed by atoms with Gasteiger partial charge in [-0.25, -0.2) is 0 Å². The second-order valence-electron chi connectivity index (χ2n) is 0.542. The van der Waals surface area contributed by atoms with Crippen LogP contribution in [-0.4, -0.2) is 11.5 Å². The average Bonchev–Trinajstić information content (AvgIpc) is 0.722. The number of hydrogen-bond donors (Lipinski definition) is 0. The first-order valence-electron chi connectivity index (χ1n) is 0.856. The van der Waals surface area contributed by atoms with Crippen molar-refractivity contribution in [3.8, 4) is 0 Å². The molecule has 0 aliphatic rings. The number of rotatable bonds is 0. The second-order valence-corrected chi connectivity index (χ2v) is 73.0. The molecule has 0 bridgehead atoms. The molecule has 34 valence electrons. The SMILES string of the molecule is [PH2][SbH]([Br])([Br])[Br]. The summed E-state index contributed by atoms with van der Waals surface area (Å²) >= 11 is 8.32. The quantitative estimate of drug-likeness (QED) is 0.436. The minimum atomic E-state index is -1.83. The van der Waals surface area contributed by atoms with Crippen molar-refractivity contribution in [3.05, 3.63) is 0 Å². The van der Waals surface area contributed by atoms with Crippen LogP contribution in [0.25, 0.3) is 0 Å². The molecular formula is H3Br3PSb. The molecule has 0 fully saturated rings. The Morgan fingerprint density at radius 2 is 1.20 bits per heavy atom. The van der Waals surface area contributed by atoms with Crippen LogP contribution in [0.1, 0.15) is 0 Å². The van der Waals surface area contributed by atoms with Gasteiger partial charge in [-0.3, -0.25) is 0 Å². The monoisotopic (exact) mass is 392 g/mol. The zero-order valence-electron chi connectivity index (χ0n) is 2.21. The van der Waals surface area contributed by atoms with E-state index in [1.54, 1.807) is 0 Å². The zero-order valence-corrected chi connectivity index (χ0v) is 11.0. The Hall–Kier alpha value is 2.69. The fourth-order valence-electron chi connectivity index (χ4n) is 0. The second kappa shape index (κ2) is 2.87. The van der Waals surface area contributed by atoms with Gasteiger partial charge >= 0.3 is 56.1 Å². The Labute approximate surface area is 55.0 Å². The van der Waals surface area contributed by atoms with Gasteiger partial charge in [0.05, 0.1) is 0 Å². The average molecular weight is 395 g/mol. The summed E-state index contributed by atoms with van der Waals surface area (Å²) in [7, 11) is 0. The summed E-state index contributed by atoms with van der Waals surface area (Å²) in [6, 6.07) is 0. The Bertz CT molecular complexity index is 22.4. The van der Waals surface area contributed by atoms with E-state index >= 15 is 0 Å². The molecule has 0 saturated heterocycles. The van der Waals surface area contributed by atoms with E-state index in [1.165, 1.54) is 0 Å². The van der Waals surface area contributed by atoms with E-state index in [0.717, 1.165) is 0 Å². The van der Waals surface area contributed by atoms with Gasteiger partial charge < -0.3 is 0 Å². The Balaban J connectivity index is 3.02. The summed E-state index contributed by atoms with van der Waals surface area (Å²) in [5.41, 5.74) is 0. The van der Waals surface area contributed by atoms with Crippen LogP contribution in [0.15, 0.2) is 0 Å². The molecule has 1 unspecified atom stereocenters. The van der Waals surface area contributed by atoms with Gasteiger partial charge in [-0.05, 0) is 0 Å². The number of hydrogen-bond acceptors (Lipinski definition) is 0. The standard InChI is InChI=1S/3BrH.H2P.Sb.H/h3*1H;1H2;;/q;;;-1;+4;/p-3. The predicted octanol–water partition coefficient (Wildman–Crippen LogP) is 2.21. The first-order chi connectivity index (χ1) is 2.00. The van der Waals surface area contributed by atoms with Crippen molar-refractivity contribution >= 4 is 56.1 Å². The molecule has 0 aliphatic heterocycles. The van der Waals surface area contributed by atoms with Crippen LogP contribution < -0.4 is 0 Å². The van der Waals surface area contributed by atoms with Crippen molar-refractivity contribution in [2.24, 2.45) is 0 Å². The normalized spacial score (nSPS) is 15.2. The molecule has 0 aliphatic carbocycles. The fourth-order valence-corrected chi connectivity index (χ4v) is 0. The molecule has 5 heteroatoms. The first-order valence-corrected chi connectivity index (χ1v) is 25.6. The maximum atomic E-state index is 3.38. The minimum absolute atomic E-state index is 1.83. The van der Waals surface area contributed by atoms with Crippen molar-refractivity contribution in [2.45, 2.75) is 0 Å². The summed E-state index contributed by atoms with van der Waals surface area (Å²) in [4.78, 5) is 0. The van der Waals surface area contributed by atoms with E-state index in [9.17, 15) is 0 Å². The summed E-state index contributed by atoms with van der Waals surface area (Å²) in [5.74, 6) is 0. The molecular weight excluding hydrogens is 392 g/mol. The van der Waals surface area contributed by atoms with Gasteiger partial charge in [0, 0.05) is 0 Å². The van der Waals surface area contributed by atoms with Crippen molar-refractivity contribution in [1.82, 2.24) is 0 Å². The summed E-state index contributed by atoms with van der Waals surface area (Å²) in [6.45, 7) is 2.68. The molecule has 0 saturated carbocycles. The van der Waals surface area contributed by atoms with E-state index in [-0.39, 0.29) is 0 Å². The third-order valence-corrected chi connectivity index (χ3v) is 0. The molecule has 0 nitrogen and oxygen atoms in total. The zero-order chi connectivity index (χ0) is 4.50. The molecule has 0 aromatic rings. The molecule has 1 atom stereocenters. The molecule has 0 heterocycles. The molecule has 0 radical (unpaired) electrons. The van der Waals surface area contributed by atoms with E-state index in [1.807, 2.05) is 0 Å². The van der Waals surface area contributed by atoms with Gasteiger partial charge in [0.15, 0.2) is 0 Å².